The minimum atomic E-state index is -0.661. The molecule has 1 amide bonds. The Balaban J connectivity index is 1.77. The molecular formula is C14H10ClFN4O. The number of carbonyl (C=O) groups is 1. The molecule has 0 aliphatic rings. The first-order valence-corrected chi connectivity index (χ1v) is 6.55. The Kier molecular flexibility index (Phi) is 3.53. The van der Waals surface area contributed by atoms with Crippen molar-refractivity contribution in [3.8, 4) is 0 Å². The number of fused-ring (bicyclic) bond motifs is 1. The molecule has 0 saturated carbocycles. The van der Waals surface area contributed by atoms with Gasteiger partial charge in [0.2, 0.25) is 0 Å². The van der Waals surface area contributed by atoms with Crippen LogP contribution in [-0.4, -0.2) is 20.5 Å². The summed E-state index contributed by atoms with van der Waals surface area (Å²) in [7, 11) is 0. The molecule has 1 aromatic carbocycles. The quantitative estimate of drug-likeness (QED) is 0.808. The van der Waals surface area contributed by atoms with Crippen LogP contribution in [-0.2, 0) is 6.54 Å². The van der Waals surface area contributed by atoms with Gasteiger partial charge in [0.05, 0.1) is 12.1 Å². The fraction of sp³-hybridized carbons (Fsp3) is 0.0714. The number of hydrogen-bond donors (Lipinski definition) is 1. The van der Waals surface area contributed by atoms with Crippen molar-refractivity contribution in [1.82, 2.24) is 19.9 Å². The molecule has 3 aromatic rings. The average molecular weight is 305 g/mol. The maximum absolute atomic E-state index is 13.6. The summed E-state index contributed by atoms with van der Waals surface area (Å²) in [4.78, 5) is 12.0. The zero-order chi connectivity index (χ0) is 14.8. The first-order chi connectivity index (χ1) is 10.1. The van der Waals surface area contributed by atoms with Crippen molar-refractivity contribution in [3.63, 3.8) is 0 Å². The van der Waals surface area contributed by atoms with Gasteiger partial charge in [-0.25, -0.2) is 4.39 Å². The zero-order valence-corrected chi connectivity index (χ0v) is 11.5. The van der Waals surface area contributed by atoms with Crippen LogP contribution >= 0.6 is 11.6 Å². The molecule has 0 spiro atoms. The third-order valence-corrected chi connectivity index (χ3v) is 3.20. The van der Waals surface area contributed by atoms with Crippen molar-refractivity contribution in [3.05, 3.63) is 64.8 Å². The maximum atomic E-state index is 13.6. The molecule has 0 aliphatic heterocycles. The lowest BCUT2D eigenvalue weighted by atomic mass is 10.2. The summed E-state index contributed by atoms with van der Waals surface area (Å²) in [6, 6.07) is 9.39. The number of rotatable bonds is 3. The van der Waals surface area contributed by atoms with Crippen LogP contribution in [0.15, 0.2) is 42.6 Å². The molecule has 5 nitrogen and oxygen atoms in total. The molecule has 0 unspecified atom stereocenters. The van der Waals surface area contributed by atoms with Gasteiger partial charge in [0.15, 0.2) is 11.5 Å². The molecule has 2 aromatic heterocycles. The molecule has 0 bridgehead atoms. The van der Waals surface area contributed by atoms with E-state index < -0.39 is 11.7 Å². The largest absolute Gasteiger partial charge is 0.345 e. The first-order valence-electron chi connectivity index (χ1n) is 6.17. The highest BCUT2D eigenvalue weighted by molar-refractivity contribution is 6.30. The molecule has 106 valence electrons. The number of pyridine rings is 1. The third kappa shape index (κ3) is 2.71. The molecule has 3 rings (SSSR count). The fourth-order valence-electron chi connectivity index (χ4n) is 1.94. The second kappa shape index (κ2) is 5.49. The van der Waals surface area contributed by atoms with Crippen LogP contribution in [0.3, 0.4) is 0 Å². The highest BCUT2D eigenvalue weighted by Gasteiger charge is 2.13. The van der Waals surface area contributed by atoms with Crippen LogP contribution in [0.4, 0.5) is 4.39 Å². The highest BCUT2D eigenvalue weighted by atomic mass is 35.5. The zero-order valence-electron chi connectivity index (χ0n) is 10.8. The van der Waals surface area contributed by atoms with E-state index in [0.717, 1.165) is 6.07 Å². The van der Waals surface area contributed by atoms with Crippen LogP contribution < -0.4 is 5.32 Å². The summed E-state index contributed by atoms with van der Waals surface area (Å²) < 4.78 is 15.4. The normalized spacial score (nSPS) is 10.8. The lowest BCUT2D eigenvalue weighted by Gasteiger charge is -2.05. The van der Waals surface area contributed by atoms with Gasteiger partial charge in [-0.2, -0.15) is 0 Å². The van der Waals surface area contributed by atoms with E-state index in [1.54, 1.807) is 16.7 Å². The Morgan fingerprint density at radius 1 is 1.29 bits per heavy atom. The Morgan fingerprint density at radius 3 is 2.95 bits per heavy atom. The SMILES string of the molecule is O=C(NCc1nnc2ccccn12)c1ccc(Cl)cc1F. The van der Waals surface area contributed by atoms with Gasteiger partial charge >= 0.3 is 0 Å². The van der Waals surface area contributed by atoms with Crippen LogP contribution in [0.1, 0.15) is 16.2 Å². The summed E-state index contributed by atoms with van der Waals surface area (Å²) >= 11 is 5.65. The van der Waals surface area contributed by atoms with Gasteiger partial charge in [-0.1, -0.05) is 17.7 Å². The van der Waals surface area contributed by atoms with Crippen molar-refractivity contribution < 1.29 is 9.18 Å². The number of amides is 1. The Morgan fingerprint density at radius 2 is 2.14 bits per heavy atom. The lowest BCUT2D eigenvalue weighted by molar-refractivity contribution is 0.0946. The number of aromatic nitrogens is 3. The van der Waals surface area contributed by atoms with Gasteiger partial charge in [0, 0.05) is 11.2 Å². The second-order valence-electron chi connectivity index (χ2n) is 4.35. The molecule has 0 saturated heterocycles. The smallest absolute Gasteiger partial charge is 0.254 e. The molecular weight excluding hydrogens is 295 g/mol. The van der Waals surface area contributed by atoms with E-state index in [4.69, 9.17) is 11.6 Å². The van der Waals surface area contributed by atoms with Gasteiger partial charge in [-0.15, -0.1) is 10.2 Å². The summed E-state index contributed by atoms with van der Waals surface area (Å²) in [5, 5.41) is 10.8. The molecule has 1 N–H and O–H groups in total. The minimum Gasteiger partial charge on any atom is -0.345 e. The highest BCUT2D eigenvalue weighted by Crippen LogP contribution is 2.14. The van der Waals surface area contributed by atoms with Crippen LogP contribution in [0, 0.1) is 5.82 Å². The summed E-state index contributed by atoms with van der Waals surface area (Å²) in [6.07, 6.45) is 1.79. The van der Waals surface area contributed by atoms with E-state index >= 15 is 0 Å². The average Bonchev–Trinajstić information content (AvgIpc) is 2.88. The summed E-state index contributed by atoms with van der Waals surface area (Å²) in [5.74, 6) is -0.628. The topological polar surface area (TPSA) is 59.3 Å². The molecule has 0 fully saturated rings. The van der Waals surface area contributed by atoms with Gasteiger partial charge in [0.25, 0.3) is 5.91 Å². The predicted octanol–water partition coefficient (Wildman–Crippen LogP) is 2.45. The second-order valence-corrected chi connectivity index (χ2v) is 4.79. The molecule has 21 heavy (non-hydrogen) atoms. The van der Waals surface area contributed by atoms with Crippen molar-refractivity contribution in [2.24, 2.45) is 0 Å². The molecule has 0 radical (unpaired) electrons. The van der Waals surface area contributed by atoms with E-state index in [1.165, 1.54) is 12.1 Å². The van der Waals surface area contributed by atoms with E-state index in [9.17, 15) is 9.18 Å². The van der Waals surface area contributed by atoms with Gasteiger partial charge in [-0.3, -0.25) is 9.20 Å². The van der Waals surface area contributed by atoms with E-state index in [1.807, 2.05) is 12.1 Å². The summed E-state index contributed by atoms with van der Waals surface area (Å²) in [6.45, 7) is 0.145. The molecule has 7 heteroatoms. The predicted molar refractivity (Wildman–Crippen MR) is 75.6 cm³/mol. The van der Waals surface area contributed by atoms with Gasteiger partial charge in [-0.05, 0) is 30.3 Å². The van der Waals surface area contributed by atoms with Crippen LogP contribution in [0.25, 0.3) is 5.65 Å². The fourth-order valence-corrected chi connectivity index (χ4v) is 2.10. The van der Waals surface area contributed by atoms with Crippen molar-refractivity contribution in [2.45, 2.75) is 6.54 Å². The third-order valence-electron chi connectivity index (χ3n) is 2.97. The number of hydrogen-bond acceptors (Lipinski definition) is 3. The van der Waals surface area contributed by atoms with Crippen molar-refractivity contribution in [1.29, 1.82) is 0 Å². The first kappa shape index (κ1) is 13.5. The molecule has 0 atom stereocenters. The van der Waals surface area contributed by atoms with Gasteiger partial charge < -0.3 is 5.32 Å². The Bertz CT molecular complexity index is 818. The number of nitrogens with zero attached hydrogens (tertiary/aromatic N) is 3. The standard InChI is InChI=1S/C14H10ClFN4O/c15-9-4-5-10(11(16)7-9)14(21)17-8-13-19-18-12-3-1-2-6-20(12)13/h1-7H,8H2,(H,17,21). The number of benzene rings is 1. The van der Waals surface area contributed by atoms with Crippen molar-refractivity contribution >= 4 is 23.2 Å². The van der Waals surface area contributed by atoms with Crippen LogP contribution in [0.2, 0.25) is 5.02 Å². The van der Waals surface area contributed by atoms with Crippen molar-refractivity contribution in [2.75, 3.05) is 0 Å². The Labute approximate surface area is 124 Å². The Hall–Kier alpha value is -2.47. The lowest BCUT2D eigenvalue weighted by Crippen LogP contribution is -2.24. The van der Waals surface area contributed by atoms with Gasteiger partial charge in [0.1, 0.15) is 5.82 Å². The molecule has 0 aliphatic carbocycles. The molecule has 2 heterocycles. The number of carbonyl (C=O) groups excluding carboxylic acids is 1. The number of halogens is 2. The minimum absolute atomic E-state index is 0.0618. The summed E-state index contributed by atoms with van der Waals surface area (Å²) in [5.41, 5.74) is 0.618. The van der Waals surface area contributed by atoms with Crippen LogP contribution in [0.5, 0.6) is 0 Å². The van der Waals surface area contributed by atoms with E-state index in [-0.39, 0.29) is 17.1 Å². The van der Waals surface area contributed by atoms with E-state index in [2.05, 4.69) is 15.5 Å². The maximum Gasteiger partial charge on any atom is 0.254 e. The monoisotopic (exact) mass is 304 g/mol. The van der Waals surface area contributed by atoms with E-state index in [0.29, 0.717) is 11.5 Å². The number of nitrogens with one attached hydrogen (secondary N) is 1.